The molecule has 0 heterocycles. The third-order valence-corrected chi connectivity index (χ3v) is 2.73. The first-order valence-corrected chi connectivity index (χ1v) is 5.39. The molecule has 1 aromatic carbocycles. The number of ketones is 1. The van der Waals surface area contributed by atoms with Crippen LogP contribution in [-0.2, 0) is 0 Å². The first-order valence-electron chi connectivity index (χ1n) is 4.59. The van der Waals surface area contributed by atoms with Crippen molar-refractivity contribution in [2.45, 2.75) is 13.8 Å². The fourth-order valence-corrected chi connectivity index (χ4v) is 2.04. The normalized spacial score (nSPS) is 9.94. The van der Waals surface area contributed by atoms with Crippen molar-refractivity contribution in [1.29, 1.82) is 0 Å². The van der Waals surface area contributed by atoms with Crippen molar-refractivity contribution in [2.24, 2.45) is 0 Å². The van der Waals surface area contributed by atoms with Gasteiger partial charge in [0, 0.05) is 6.07 Å². The Balaban J connectivity index is 3.41. The zero-order chi connectivity index (χ0) is 12.3. The average molecular weight is 288 g/mol. The number of carbonyl (C=O) groups excluding carboxylic acids is 1. The molecule has 0 fully saturated rings. The smallest absolute Gasteiger partial charge is 0.284 e. The SMILES string of the molecule is CCOc1ccc([N+](=O)[O-])c(Br)c1C(C)=O. The van der Waals surface area contributed by atoms with Crippen LogP contribution in [0, 0.1) is 10.1 Å². The van der Waals surface area contributed by atoms with Crippen molar-refractivity contribution < 1.29 is 14.5 Å². The van der Waals surface area contributed by atoms with Gasteiger partial charge in [0.1, 0.15) is 10.2 Å². The summed E-state index contributed by atoms with van der Waals surface area (Å²) in [4.78, 5) is 21.5. The summed E-state index contributed by atoms with van der Waals surface area (Å²) in [5.41, 5.74) is 0.0599. The van der Waals surface area contributed by atoms with Crippen molar-refractivity contribution in [3.05, 3.63) is 32.3 Å². The molecule has 86 valence electrons. The second kappa shape index (κ2) is 5.07. The van der Waals surface area contributed by atoms with E-state index < -0.39 is 4.92 Å². The minimum Gasteiger partial charge on any atom is -0.493 e. The van der Waals surface area contributed by atoms with Gasteiger partial charge in [-0.15, -0.1) is 0 Å². The highest BCUT2D eigenvalue weighted by Gasteiger charge is 2.22. The van der Waals surface area contributed by atoms with E-state index in [-0.39, 0.29) is 21.5 Å². The maximum Gasteiger partial charge on any atom is 0.284 e. The molecule has 0 saturated carbocycles. The lowest BCUT2D eigenvalue weighted by Gasteiger charge is -2.09. The average Bonchev–Trinajstić information content (AvgIpc) is 2.17. The molecule has 0 unspecified atom stereocenters. The molecule has 6 heteroatoms. The van der Waals surface area contributed by atoms with Crippen molar-refractivity contribution in [1.82, 2.24) is 0 Å². The second-order valence-corrected chi connectivity index (χ2v) is 3.81. The number of nitrogens with zero attached hydrogens (tertiary/aromatic N) is 1. The molecular weight excluding hydrogens is 278 g/mol. The molecule has 0 bridgehead atoms. The van der Waals surface area contributed by atoms with Crippen LogP contribution in [0.5, 0.6) is 5.75 Å². The molecular formula is C10H10BrNO4. The third kappa shape index (κ3) is 2.38. The number of carbonyl (C=O) groups is 1. The van der Waals surface area contributed by atoms with Gasteiger partial charge in [-0.3, -0.25) is 14.9 Å². The van der Waals surface area contributed by atoms with Gasteiger partial charge in [-0.25, -0.2) is 0 Å². The van der Waals surface area contributed by atoms with Gasteiger partial charge < -0.3 is 4.74 Å². The van der Waals surface area contributed by atoms with E-state index in [1.54, 1.807) is 6.92 Å². The molecule has 0 aromatic heterocycles. The monoisotopic (exact) mass is 287 g/mol. The fourth-order valence-electron chi connectivity index (χ4n) is 1.29. The van der Waals surface area contributed by atoms with Crippen LogP contribution in [-0.4, -0.2) is 17.3 Å². The molecule has 16 heavy (non-hydrogen) atoms. The van der Waals surface area contributed by atoms with Crippen LogP contribution in [0.25, 0.3) is 0 Å². The number of ether oxygens (including phenoxy) is 1. The lowest BCUT2D eigenvalue weighted by molar-refractivity contribution is -0.385. The van der Waals surface area contributed by atoms with E-state index in [0.717, 1.165) is 0 Å². The molecule has 0 aliphatic heterocycles. The minimum absolute atomic E-state index is 0.145. The summed E-state index contributed by atoms with van der Waals surface area (Å²) in [6.07, 6.45) is 0. The Morgan fingerprint density at radius 3 is 2.62 bits per heavy atom. The van der Waals surface area contributed by atoms with Crippen molar-refractivity contribution in [3.8, 4) is 5.75 Å². The van der Waals surface area contributed by atoms with E-state index in [1.165, 1.54) is 19.1 Å². The summed E-state index contributed by atoms with van der Waals surface area (Å²) in [5.74, 6) is 0.0755. The van der Waals surface area contributed by atoms with E-state index in [4.69, 9.17) is 4.74 Å². The van der Waals surface area contributed by atoms with Gasteiger partial charge in [0.25, 0.3) is 5.69 Å². The van der Waals surface area contributed by atoms with Crippen molar-refractivity contribution >= 4 is 27.4 Å². The molecule has 0 spiro atoms. The van der Waals surface area contributed by atoms with Gasteiger partial charge in [0.05, 0.1) is 17.1 Å². The van der Waals surface area contributed by atoms with Crippen LogP contribution in [0.2, 0.25) is 0 Å². The quantitative estimate of drug-likeness (QED) is 0.485. The number of hydrogen-bond donors (Lipinski definition) is 0. The van der Waals surface area contributed by atoms with Crippen LogP contribution in [0.1, 0.15) is 24.2 Å². The number of rotatable bonds is 4. The molecule has 0 aliphatic carbocycles. The highest BCUT2D eigenvalue weighted by Crippen LogP contribution is 2.35. The maximum absolute atomic E-state index is 11.4. The zero-order valence-corrected chi connectivity index (χ0v) is 10.4. The summed E-state index contributed by atoms with van der Waals surface area (Å²) < 4.78 is 5.40. The standard InChI is InChI=1S/C10H10BrNO4/c1-3-16-8-5-4-7(12(14)15)10(11)9(8)6(2)13/h4-5H,3H2,1-2H3. The van der Waals surface area contributed by atoms with E-state index >= 15 is 0 Å². The van der Waals surface area contributed by atoms with E-state index in [2.05, 4.69) is 15.9 Å². The van der Waals surface area contributed by atoms with Gasteiger partial charge in [-0.2, -0.15) is 0 Å². The van der Waals surface area contributed by atoms with Gasteiger partial charge >= 0.3 is 0 Å². The Hall–Kier alpha value is -1.43. The van der Waals surface area contributed by atoms with Gasteiger partial charge in [0.15, 0.2) is 5.78 Å². The van der Waals surface area contributed by atoms with Crippen LogP contribution < -0.4 is 4.74 Å². The van der Waals surface area contributed by atoms with Gasteiger partial charge in [-0.05, 0) is 35.8 Å². The maximum atomic E-state index is 11.4. The van der Waals surface area contributed by atoms with Crippen LogP contribution >= 0.6 is 15.9 Å². The topological polar surface area (TPSA) is 69.4 Å². The Bertz CT molecular complexity index is 445. The molecule has 5 nitrogen and oxygen atoms in total. The molecule has 0 aliphatic rings. The zero-order valence-electron chi connectivity index (χ0n) is 8.82. The van der Waals surface area contributed by atoms with Crippen LogP contribution in [0.15, 0.2) is 16.6 Å². The number of benzene rings is 1. The highest BCUT2D eigenvalue weighted by molar-refractivity contribution is 9.10. The van der Waals surface area contributed by atoms with Gasteiger partial charge in [-0.1, -0.05) is 0 Å². The minimum atomic E-state index is -0.549. The van der Waals surface area contributed by atoms with E-state index in [9.17, 15) is 14.9 Å². The molecule has 1 rings (SSSR count). The second-order valence-electron chi connectivity index (χ2n) is 3.02. The summed E-state index contributed by atoms with van der Waals surface area (Å²) in [6, 6.07) is 2.74. The lowest BCUT2D eigenvalue weighted by Crippen LogP contribution is -2.03. The number of nitro groups is 1. The van der Waals surface area contributed by atoms with Crippen molar-refractivity contribution in [3.63, 3.8) is 0 Å². The Kier molecular flexibility index (Phi) is 4.00. The van der Waals surface area contributed by atoms with Crippen LogP contribution in [0.4, 0.5) is 5.69 Å². The fraction of sp³-hybridized carbons (Fsp3) is 0.300. The number of nitro benzene ring substituents is 1. The highest BCUT2D eigenvalue weighted by atomic mass is 79.9. The summed E-state index contributed by atoms with van der Waals surface area (Å²) in [5, 5.41) is 10.7. The molecule has 0 amide bonds. The molecule has 0 saturated heterocycles. The molecule has 0 radical (unpaired) electrons. The predicted molar refractivity (Wildman–Crippen MR) is 62.0 cm³/mol. The lowest BCUT2D eigenvalue weighted by atomic mass is 10.1. The molecule has 1 aromatic rings. The van der Waals surface area contributed by atoms with Crippen molar-refractivity contribution in [2.75, 3.05) is 6.61 Å². The van der Waals surface area contributed by atoms with Crippen LogP contribution in [0.3, 0.4) is 0 Å². The molecule has 0 N–H and O–H groups in total. The number of hydrogen-bond acceptors (Lipinski definition) is 4. The Morgan fingerprint density at radius 1 is 1.56 bits per heavy atom. The summed E-state index contributed by atoms with van der Waals surface area (Å²) in [7, 11) is 0. The Morgan fingerprint density at radius 2 is 2.19 bits per heavy atom. The van der Waals surface area contributed by atoms with E-state index in [0.29, 0.717) is 12.4 Å². The summed E-state index contributed by atoms with van der Waals surface area (Å²) >= 11 is 3.06. The number of halogens is 1. The predicted octanol–water partition coefficient (Wildman–Crippen LogP) is 2.96. The Labute approximate surface area is 101 Å². The largest absolute Gasteiger partial charge is 0.493 e. The third-order valence-electron chi connectivity index (χ3n) is 1.93. The summed E-state index contributed by atoms with van der Waals surface area (Å²) in [6.45, 7) is 3.51. The first kappa shape index (κ1) is 12.6. The first-order chi connectivity index (χ1) is 7.49. The van der Waals surface area contributed by atoms with Gasteiger partial charge in [0.2, 0.25) is 0 Å². The van der Waals surface area contributed by atoms with E-state index in [1.807, 2.05) is 0 Å². The number of Topliss-reactive ketones (excluding diaryl/α,β-unsaturated/α-hetero) is 1. The molecule has 0 atom stereocenters.